The fourth-order valence-electron chi connectivity index (χ4n) is 2.77. The molecule has 0 aliphatic heterocycles. The van der Waals surface area contributed by atoms with Crippen LogP contribution in [0, 0.1) is 6.92 Å². The molecule has 0 unspecified atom stereocenters. The van der Waals surface area contributed by atoms with Crippen LogP contribution in [0.2, 0.25) is 0 Å². The molecule has 0 atom stereocenters. The van der Waals surface area contributed by atoms with Crippen molar-refractivity contribution in [2.45, 2.75) is 51.6 Å². The van der Waals surface area contributed by atoms with Crippen LogP contribution < -0.4 is 11.1 Å². The van der Waals surface area contributed by atoms with Crippen molar-refractivity contribution in [3.05, 3.63) is 17.5 Å². The van der Waals surface area contributed by atoms with Crippen LogP contribution >= 0.6 is 0 Å². The second kappa shape index (κ2) is 5.52. The first-order chi connectivity index (χ1) is 9.52. The van der Waals surface area contributed by atoms with Gasteiger partial charge >= 0.3 is 0 Å². The molecular formula is C13H21N5O2. The third-order valence-electron chi connectivity index (χ3n) is 3.84. The molecule has 0 radical (unpaired) electrons. The van der Waals surface area contributed by atoms with E-state index in [0.29, 0.717) is 25.1 Å². The van der Waals surface area contributed by atoms with Crippen molar-refractivity contribution in [2.75, 3.05) is 0 Å². The molecule has 0 spiro atoms. The minimum absolute atomic E-state index is 0.0719. The van der Waals surface area contributed by atoms with Crippen LogP contribution in [0.25, 0.3) is 0 Å². The van der Waals surface area contributed by atoms with Gasteiger partial charge in [0, 0.05) is 6.54 Å². The number of hydrogen-bond donors (Lipinski definition) is 3. The van der Waals surface area contributed by atoms with E-state index in [4.69, 9.17) is 10.9 Å². The van der Waals surface area contributed by atoms with Gasteiger partial charge in [-0.2, -0.15) is 5.10 Å². The zero-order valence-electron chi connectivity index (χ0n) is 11.9. The molecular weight excluding hydrogens is 258 g/mol. The van der Waals surface area contributed by atoms with E-state index < -0.39 is 5.54 Å². The van der Waals surface area contributed by atoms with E-state index in [9.17, 15) is 4.79 Å². The monoisotopic (exact) mass is 279 g/mol. The fourth-order valence-corrected chi connectivity index (χ4v) is 2.77. The summed E-state index contributed by atoms with van der Waals surface area (Å²) < 4.78 is 1.65. The van der Waals surface area contributed by atoms with Crippen LogP contribution in [0.1, 0.15) is 48.8 Å². The molecule has 110 valence electrons. The number of oxime groups is 1. The summed E-state index contributed by atoms with van der Waals surface area (Å²) in [6.45, 7) is 4.39. The SMILES string of the molecule is CCn1nc(C)cc1C(=O)NC1(C(N)=NO)CCCC1. The highest BCUT2D eigenvalue weighted by Gasteiger charge is 2.40. The number of amidine groups is 1. The Bertz CT molecular complexity index is 529. The summed E-state index contributed by atoms with van der Waals surface area (Å²) in [5, 5.41) is 19.2. The van der Waals surface area contributed by atoms with E-state index in [-0.39, 0.29) is 11.7 Å². The Kier molecular flexibility index (Phi) is 3.96. The Morgan fingerprint density at radius 2 is 2.25 bits per heavy atom. The van der Waals surface area contributed by atoms with Gasteiger partial charge in [0.1, 0.15) is 11.2 Å². The first kappa shape index (κ1) is 14.4. The molecule has 7 heteroatoms. The predicted octanol–water partition coefficient (Wildman–Crippen LogP) is 1.00. The number of aryl methyl sites for hydroxylation is 2. The summed E-state index contributed by atoms with van der Waals surface area (Å²) in [5.41, 5.74) is 6.34. The lowest BCUT2D eigenvalue weighted by atomic mass is 9.96. The lowest BCUT2D eigenvalue weighted by molar-refractivity contribution is 0.0911. The Morgan fingerprint density at radius 1 is 1.60 bits per heavy atom. The molecule has 1 heterocycles. The number of carbonyl (C=O) groups is 1. The highest BCUT2D eigenvalue weighted by Crippen LogP contribution is 2.30. The van der Waals surface area contributed by atoms with Gasteiger partial charge in [-0.1, -0.05) is 18.0 Å². The largest absolute Gasteiger partial charge is 0.409 e. The van der Waals surface area contributed by atoms with Crippen LogP contribution in [0.3, 0.4) is 0 Å². The minimum atomic E-state index is -0.734. The van der Waals surface area contributed by atoms with Crippen LogP contribution in [-0.2, 0) is 6.54 Å². The molecule has 0 aromatic carbocycles. The Morgan fingerprint density at radius 3 is 2.80 bits per heavy atom. The number of nitrogens with zero attached hydrogens (tertiary/aromatic N) is 3. The smallest absolute Gasteiger partial charge is 0.270 e. The van der Waals surface area contributed by atoms with E-state index in [2.05, 4.69) is 15.6 Å². The van der Waals surface area contributed by atoms with Gasteiger partial charge < -0.3 is 16.3 Å². The van der Waals surface area contributed by atoms with Gasteiger partial charge in [-0.25, -0.2) is 0 Å². The quantitative estimate of drug-likeness (QED) is 0.331. The van der Waals surface area contributed by atoms with Crippen molar-refractivity contribution in [1.29, 1.82) is 0 Å². The summed E-state index contributed by atoms with van der Waals surface area (Å²) >= 11 is 0. The van der Waals surface area contributed by atoms with Crippen LogP contribution in [0.4, 0.5) is 0 Å². The molecule has 1 aliphatic rings. The van der Waals surface area contributed by atoms with Crippen LogP contribution in [0.15, 0.2) is 11.2 Å². The predicted molar refractivity (Wildman–Crippen MR) is 74.7 cm³/mol. The third kappa shape index (κ3) is 2.48. The number of rotatable bonds is 4. The number of nitrogens with two attached hydrogens (primary N) is 1. The summed E-state index contributed by atoms with van der Waals surface area (Å²) in [4.78, 5) is 12.5. The number of hydrogen-bond acceptors (Lipinski definition) is 4. The molecule has 1 aromatic rings. The topological polar surface area (TPSA) is 106 Å². The Labute approximate surface area is 117 Å². The molecule has 0 saturated heterocycles. The third-order valence-corrected chi connectivity index (χ3v) is 3.84. The summed E-state index contributed by atoms with van der Waals surface area (Å²) in [6.07, 6.45) is 3.27. The molecule has 4 N–H and O–H groups in total. The van der Waals surface area contributed by atoms with Gasteiger partial charge in [-0.15, -0.1) is 0 Å². The van der Waals surface area contributed by atoms with Crippen molar-refractivity contribution < 1.29 is 10.0 Å². The summed E-state index contributed by atoms with van der Waals surface area (Å²) in [7, 11) is 0. The summed E-state index contributed by atoms with van der Waals surface area (Å²) in [5.74, 6) is -0.163. The fraction of sp³-hybridized carbons (Fsp3) is 0.615. The lowest BCUT2D eigenvalue weighted by Crippen LogP contribution is -2.56. The first-order valence-electron chi connectivity index (χ1n) is 6.87. The van der Waals surface area contributed by atoms with Crippen molar-refractivity contribution in [3.63, 3.8) is 0 Å². The molecule has 1 fully saturated rings. The molecule has 7 nitrogen and oxygen atoms in total. The van der Waals surface area contributed by atoms with E-state index in [1.54, 1.807) is 10.7 Å². The highest BCUT2D eigenvalue weighted by molar-refractivity contribution is 5.99. The molecule has 1 aromatic heterocycles. The minimum Gasteiger partial charge on any atom is -0.409 e. The second-order valence-corrected chi connectivity index (χ2v) is 5.22. The Hall–Kier alpha value is -2.05. The average molecular weight is 279 g/mol. The van der Waals surface area contributed by atoms with E-state index in [1.165, 1.54) is 0 Å². The maximum absolute atomic E-state index is 12.5. The number of amides is 1. The van der Waals surface area contributed by atoms with Crippen molar-refractivity contribution in [2.24, 2.45) is 10.9 Å². The average Bonchev–Trinajstić information content (AvgIpc) is 3.05. The van der Waals surface area contributed by atoms with Gasteiger partial charge in [-0.3, -0.25) is 9.48 Å². The first-order valence-corrected chi connectivity index (χ1v) is 6.87. The van der Waals surface area contributed by atoms with Crippen molar-refractivity contribution in [3.8, 4) is 0 Å². The maximum atomic E-state index is 12.5. The molecule has 20 heavy (non-hydrogen) atoms. The van der Waals surface area contributed by atoms with Gasteiger partial charge in [0.15, 0.2) is 5.84 Å². The van der Waals surface area contributed by atoms with E-state index >= 15 is 0 Å². The van der Waals surface area contributed by atoms with Gasteiger partial charge in [0.05, 0.1) is 5.69 Å². The van der Waals surface area contributed by atoms with Crippen LogP contribution in [0.5, 0.6) is 0 Å². The molecule has 1 saturated carbocycles. The Balaban J connectivity index is 2.25. The zero-order chi connectivity index (χ0) is 14.8. The maximum Gasteiger partial charge on any atom is 0.270 e. The molecule has 1 amide bonds. The summed E-state index contributed by atoms with van der Waals surface area (Å²) in [6, 6.07) is 1.74. The van der Waals surface area contributed by atoms with Gasteiger partial charge in [0.25, 0.3) is 5.91 Å². The van der Waals surface area contributed by atoms with Crippen molar-refractivity contribution in [1.82, 2.24) is 15.1 Å². The lowest BCUT2D eigenvalue weighted by Gasteiger charge is -2.28. The second-order valence-electron chi connectivity index (χ2n) is 5.22. The standard InChI is InChI=1S/C13H21N5O2/c1-3-18-10(8-9(2)16-18)11(19)15-13(12(14)17-20)6-4-5-7-13/h8,20H,3-7H2,1-2H3,(H2,14,17)(H,15,19). The van der Waals surface area contributed by atoms with Gasteiger partial charge in [0.2, 0.25) is 0 Å². The number of carbonyl (C=O) groups excluding carboxylic acids is 1. The van der Waals surface area contributed by atoms with Crippen molar-refractivity contribution >= 4 is 11.7 Å². The van der Waals surface area contributed by atoms with E-state index in [1.807, 2.05) is 13.8 Å². The highest BCUT2D eigenvalue weighted by atomic mass is 16.4. The number of aromatic nitrogens is 2. The molecule has 2 rings (SSSR count). The normalized spacial score (nSPS) is 18.2. The molecule has 0 bridgehead atoms. The molecule has 1 aliphatic carbocycles. The van der Waals surface area contributed by atoms with Gasteiger partial charge in [-0.05, 0) is 32.8 Å². The van der Waals surface area contributed by atoms with Crippen LogP contribution in [-0.4, -0.2) is 32.3 Å². The number of nitrogens with one attached hydrogen (secondary N) is 1. The zero-order valence-corrected chi connectivity index (χ0v) is 11.9. The van der Waals surface area contributed by atoms with E-state index in [0.717, 1.165) is 18.5 Å².